The largest absolute Gasteiger partial charge is 0.396 e. The van der Waals surface area contributed by atoms with Gasteiger partial charge in [0.25, 0.3) is 5.91 Å². The molecule has 0 saturated heterocycles. The molecule has 1 rings (SSSR count). The Labute approximate surface area is 110 Å². The maximum atomic E-state index is 11.9. The Bertz CT molecular complexity index is 383. The van der Waals surface area contributed by atoms with E-state index in [0.29, 0.717) is 16.7 Å². The van der Waals surface area contributed by atoms with Crippen LogP contribution >= 0.6 is 15.9 Å². The van der Waals surface area contributed by atoms with Gasteiger partial charge in [0, 0.05) is 12.6 Å². The summed E-state index contributed by atoms with van der Waals surface area (Å²) in [4.78, 5) is 16.0. The Morgan fingerprint density at radius 1 is 1.53 bits per heavy atom. The molecule has 1 heterocycles. The Kier molecular flexibility index (Phi) is 5.58. The molecule has 5 heteroatoms. The molecule has 1 aromatic heterocycles. The molecule has 0 saturated carbocycles. The van der Waals surface area contributed by atoms with Crippen LogP contribution in [0.1, 0.15) is 30.8 Å². The summed E-state index contributed by atoms with van der Waals surface area (Å²) in [5, 5.41) is 11.8. The minimum Gasteiger partial charge on any atom is -0.396 e. The summed E-state index contributed by atoms with van der Waals surface area (Å²) >= 11 is 3.23. The number of aromatic nitrogens is 1. The van der Waals surface area contributed by atoms with Crippen molar-refractivity contribution in [2.75, 3.05) is 6.61 Å². The third-order valence-corrected chi connectivity index (χ3v) is 2.95. The van der Waals surface area contributed by atoms with Crippen molar-refractivity contribution in [2.24, 2.45) is 5.92 Å². The summed E-state index contributed by atoms with van der Waals surface area (Å²) in [5.74, 6) is 0.0664. The Morgan fingerprint density at radius 2 is 2.24 bits per heavy atom. The fraction of sp³-hybridized carbons (Fsp3) is 0.500. The summed E-state index contributed by atoms with van der Waals surface area (Å²) in [6.07, 6.45) is 0.553. The lowest BCUT2D eigenvalue weighted by Gasteiger charge is -2.21. The van der Waals surface area contributed by atoms with Crippen LogP contribution < -0.4 is 5.32 Å². The molecule has 0 aromatic carbocycles. The number of nitrogens with zero attached hydrogens (tertiary/aromatic N) is 1. The first-order valence-electron chi connectivity index (χ1n) is 5.59. The molecule has 4 nitrogen and oxygen atoms in total. The van der Waals surface area contributed by atoms with Crippen molar-refractivity contribution in [1.82, 2.24) is 10.3 Å². The number of hydrogen-bond donors (Lipinski definition) is 2. The molecule has 17 heavy (non-hydrogen) atoms. The molecule has 0 aliphatic carbocycles. The number of hydrogen-bond acceptors (Lipinski definition) is 3. The number of aliphatic hydroxyl groups excluding tert-OH is 1. The van der Waals surface area contributed by atoms with E-state index in [0.717, 1.165) is 0 Å². The summed E-state index contributed by atoms with van der Waals surface area (Å²) in [5.41, 5.74) is 0.378. The van der Waals surface area contributed by atoms with Gasteiger partial charge in [-0.3, -0.25) is 4.79 Å². The highest BCUT2D eigenvalue weighted by molar-refractivity contribution is 9.10. The van der Waals surface area contributed by atoms with Crippen LogP contribution in [0.5, 0.6) is 0 Å². The fourth-order valence-electron chi connectivity index (χ4n) is 1.49. The third-order valence-electron chi connectivity index (χ3n) is 2.51. The molecule has 0 spiro atoms. The lowest BCUT2D eigenvalue weighted by Crippen LogP contribution is -2.39. The van der Waals surface area contributed by atoms with E-state index in [9.17, 15) is 4.79 Å². The van der Waals surface area contributed by atoms with E-state index in [1.54, 1.807) is 18.2 Å². The monoisotopic (exact) mass is 300 g/mol. The Morgan fingerprint density at radius 3 is 2.76 bits per heavy atom. The van der Waals surface area contributed by atoms with E-state index in [-0.39, 0.29) is 24.5 Å². The number of rotatable bonds is 5. The summed E-state index contributed by atoms with van der Waals surface area (Å²) in [6, 6.07) is 5.16. The molecular weight excluding hydrogens is 284 g/mol. The number of carbonyl (C=O) groups is 1. The highest BCUT2D eigenvalue weighted by atomic mass is 79.9. The summed E-state index contributed by atoms with van der Waals surface area (Å²) in [7, 11) is 0. The van der Waals surface area contributed by atoms with Crippen LogP contribution in [0.2, 0.25) is 0 Å². The van der Waals surface area contributed by atoms with Crippen LogP contribution in [0.4, 0.5) is 0 Å². The number of amides is 1. The minimum atomic E-state index is -0.210. The highest BCUT2D eigenvalue weighted by Crippen LogP contribution is 2.09. The predicted octanol–water partition coefficient (Wildman–Crippen LogP) is 1.98. The zero-order chi connectivity index (χ0) is 12.8. The number of pyridine rings is 1. The van der Waals surface area contributed by atoms with Gasteiger partial charge in [-0.15, -0.1) is 0 Å². The second-order valence-corrected chi connectivity index (χ2v) is 4.99. The number of carbonyl (C=O) groups excluding carboxylic acids is 1. The lowest BCUT2D eigenvalue weighted by atomic mass is 10.0. The standard InChI is InChI=1S/C12H17BrN2O2/c1-8(2)9(6-7-16)15-12(17)10-4-3-5-11(13)14-10/h3-5,8-9,16H,6-7H2,1-2H3,(H,15,17). The van der Waals surface area contributed by atoms with Crippen molar-refractivity contribution in [3.8, 4) is 0 Å². The van der Waals surface area contributed by atoms with Gasteiger partial charge in [0.1, 0.15) is 10.3 Å². The molecular formula is C12H17BrN2O2. The quantitative estimate of drug-likeness (QED) is 0.818. The van der Waals surface area contributed by atoms with Crippen LogP contribution in [0.3, 0.4) is 0 Å². The van der Waals surface area contributed by atoms with Crippen LogP contribution in [-0.2, 0) is 0 Å². The fourth-order valence-corrected chi connectivity index (χ4v) is 1.83. The molecule has 1 unspecified atom stereocenters. The molecule has 0 fully saturated rings. The number of aliphatic hydroxyl groups is 1. The smallest absolute Gasteiger partial charge is 0.270 e. The van der Waals surface area contributed by atoms with Gasteiger partial charge >= 0.3 is 0 Å². The van der Waals surface area contributed by atoms with E-state index < -0.39 is 0 Å². The first-order valence-corrected chi connectivity index (χ1v) is 6.38. The third kappa shape index (κ3) is 4.44. The van der Waals surface area contributed by atoms with Gasteiger partial charge in [-0.1, -0.05) is 19.9 Å². The second kappa shape index (κ2) is 6.71. The first-order chi connectivity index (χ1) is 8.04. The first kappa shape index (κ1) is 14.1. The van der Waals surface area contributed by atoms with E-state index in [1.165, 1.54) is 0 Å². The van der Waals surface area contributed by atoms with Gasteiger partial charge in [-0.2, -0.15) is 0 Å². The van der Waals surface area contributed by atoms with E-state index in [1.807, 2.05) is 13.8 Å². The molecule has 1 atom stereocenters. The molecule has 0 bridgehead atoms. The molecule has 1 aromatic rings. The van der Waals surface area contributed by atoms with Gasteiger partial charge in [-0.05, 0) is 40.4 Å². The van der Waals surface area contributed by atoms with Crippen molar-refractivity contribution in [3.05, 3.63) is 28.5 Å². The van der Waals surface area contributed by atoms with Gasteiger partial charge < -0.3 is 10.4 Å². The molecule has 0 aliphatic heterocycles. The zero-order valence-corrected chi connectivity index (χ0v) is 11.6. The topological polar surface area (TPSA) is 62.2 Å². The summed E-state index contributed by atoms with van der Waals surface area (Å²) in [6.45, 7) is 4.08. The van der Waals surface area contributed by atoms with Crippen molar-refractivity contribution in [2.45, 2.75) is 26.3 Å². The Hall–Kier alpha value is -0.940. The van der Waals surface area contributed by atoms with Crippen molar-refractivity contribution < 1.29 is 9.90 Å². The van der Waals surface area contributed by atoms with Crippen LogP contribution in [0.25, 0.3) is 0 Å². The molecule has 1 amide bonds. The molecule has 94 valence electrons. The average molecular weight is 301 g/mol. The molecule has 0 aliphatic rings. The normalized spacial score (nSPS) is 12.5. The predicted molar refractivity (Wildman–Crippen MR) is 69.7 cm³/mol. The van der Waals surface area contributed by atoms with Crippen LogP contribution in [-0.4, -0.2) is 28.6 Å². The van der Waals surface area contributed by atoms with Gasteiger partial charge in [0.2, 0.25) is 0 Å². The van der Waals surface area contributed by atoms with Crippen LogP contribution in [0, 0.1) is 5.92 Å². The van der Waals surface area contributed by atoms with Crippen molar-refractivity contribution in [3.63, 3.8) is 0 Å². The van der Waals surface area contributed by atoms with Crippen LogP contribution in [0.15, 0.2) is 22.8 Å². The number of halogens is 1. The van der Waals surface area contributed by atoms with E-state index >= 15 is 0 Å². The second-order valence-electron chi connectivity index (χ2n) is 4.18. The van der Waals surface area contributed by atoms with Gasteiger partial charge in [0.05, 0.1) is 0 Å². The SMILES string of the molecule is CC(C)C(CCO)NC(=O)c1cccc(Br)n1. The average Bonchev–Trinajstić information content (AvgIpc) is 2.28. The zero-order valence-electron chi connectivity index (χ0n) is 9.98. The van der Waals surface area contributed by atoms with E-state index in [4.69, 9.17) is 5.11 Å². The number of nitrogens with one attached hydrogen (secondary N) is 1. The minimum absolute atomic E-state index is 0.0340. The lowest BCUT2D eigenvalue weighted by molar-refractivity contribution is 0.0911. The van der Waals surface area contributed by atoms with Crippen molar-refractivity contribution >= 4 is 21.8 Å². The highest BCUT2D eigenvalue weighted by Gasteiger charge is 2.17. The van der Waals surface area contributed by atoms with Gasteiger partial charge in [0.15, 0.2) is 0 Å². The Balaban J connectivity index is 2.70. The maximum Gasteiger partial charge on any atom is 0.270 e. The summed E-state index contributed by atoms with van der Waals surface area (Å²) < 4.78 is 0.633. The maximum absolute atomic E-state index is 11.9. The molecule has 0 radical (unpaired) electrons. The van der Waals surface area contributed by atoms with E-state index in [2.05, 4.69) is 26.2 Å². The van der Waals surface area contributed by atoms with Crippen molar-refractivity contribution in [1.29, 1.82) is 0 Å². The van der Waals surface area contributed by atoms with Gasteiger partial charge in [-0.25, -0.2) is 4.98 Å². The molecule has 2 N–H and O–H groups in total.